The minimum Gasteiger partial charge on any atom is -0.395 e. The van der Waals surface area contributed by atoms with Crippen LogP contribution in [0.5, 0.6) is 0 Å². The topological polar surface area (TPSA) is 83.6 Å². The van der Waals surface area contributed by atoms with Gasteiger partial charge in [0.25, 0.3) is 0 Å². The first-order chi connectivity index (χ1) is 9.97. The molecule has 0 saturated carbocycles. The fourth-order valence-corrected chi connectivity index (χ4v) is 3.47. The highest BCUT2D eigenvalue weighted by Gasteiger charge is 2.25. The zero-order valence-electron chi connectivity index (χ0n) is 11.8. The van der Waals surface area contributed by atoms with Gasteiger partial charge in [-0.05, 0) is 24.6 Å². The van der Waals surface area contributed by atoms with Crippen molar-refractivity contribution in [1.29, 1.82) is 0 Å². The average Bonchev–Trinajstić information content (AvgIpc) is 2.44. The summed E-state index contributed by atoms with van der Waals surface area (Å²) in [4.78, 5) is -0.0771. The number of rotatable bonds is 6. The minimum atomic E-state index is -3.84. The molecule has 0 aliphatic carbocycles. The van der Waals surface area contributed by atoms with E-state index in [0.717, 1.165) is 16.4 Å². The van der Waals surface area contributed by atoms with Crippen molar-refractivity contribution < 1.29 is 17.9 Å². The van der Waals surface area contributed by atoms with E-state index in [2.05, 4.69) is 11.8 Å². The van der Waals surface area contributed by atoms with Gasteiger partial charge in [0, 0.05) is 18.7 Å². The molecule has 3 N–H and O–H groups in total. The van der Waals surface area contributed by atoms with Crippen LogP contribution in [0, 0.1) is 17.7 Å². The molecule has 0 amide bonds. The summed E-state index contributed by atoms with van der Waals surface area (Å²) in [5.41, 5.74) is 5.34. The van der Waals surface area contributed by atoms with Crippen LogP contribution in [0.4, 0.5) is 4.39 Å². The summed E-state index contributed by atoms with van der Waals surface area (Å²) in [6.45, 7) is 1.84. The van der Waals surface area contributed by atoms with E-state index in [1.165, 1.54) is 6.07 Å². The minimum absolute atomic E-state index is 0.0166. The molecule has 0 unspecified atom stereocenters. The molecule has 0 radical (unpaired) electrons. The summed E-state index contributed by atoms with van der Waals surface area (Å²) in [6.07, 6.45) is 0.601. The molecule has 0 fully saturated rings. The van der Waals surface area contributed by atoms with Crippen LogP contribution in [0.15, 0.2) is 23.1 Å². The molecule has 0 atom stereocenters. The van der Waals surface area contributed by atoms with Crippen molar-refractivity contribution in [1.82, 2.24) is 4.31 Å². The summed E-state index contributed by atoms with van der Waals surface area (Å²) >= 11 is 0. The lowest BCUT2D eigenvalue weighted by Crippen LogP contribution is -2.34. The number of sulfonamides is 1. The van der Waals surface area contributed by atoms with Crippen LogP contribution in [0.25, 0.3) is 0 Å². The van der Waals surface area contributed by atoms with Crippen molar-refractivity contribution in [2.75, 3.05) is 26.2 Å². The summed E-state index contributed by atoms with van der Waals surface area (Å²) in [5.74, 6) is 4.53. The summed E-state index contributed by atoms with van der Waals surface area (Å²) < 4.78 is 39.7. The zero-order valence-corrected chi connectivity index (χ0v) is 12.7. The van der Waals surface area contributed by atoms with E-state index >= 15 is 0 Å². The van der Waals surface area contributed by atoms with Crippen LogP contribution in [-0.2, 0) is 10.0 Å². The van der Waals surface area contributed by atoms with Crippen molar-refractivity contribution in [3.8, 4) is 11.8 Å². The largest absolute Gasteiger partial charge is 0.395 e. The molecule has 7 heteroatoms. The van der Waals surface area contributed by atoms with Crippen LogP contribution in [0.3, 0.4) is 0 Å². The van der Waals surface area contributed by atoms with Gasteiger partial charge in [0.05, 0.1) is 18.0 Å². The molecule has 0 aliphatic rings. The summed E-state index contributed by atoms with van der Waals surface area (Å²) in [6, 6.07) is 3.33. The maximum Gasteiger partial charge on any atom is 0.244 e. The van der Waals surface area contributed by atoms with Gasteiger partial charge in [0.2, 0.25) is 10.0 Å². The van der Waals surface area contributed by atoms with Gasteiger partial charge in [-0.15, -0.1) is 0 Å². The van der Waals surface area contributed by atoms with Crippen molar-refractivity contribution in [2.45, 2.75) is 18.2 Å². The van der Waals surface area contributed by atoms with Gasteiger partial charge >= 0.3 is 0 Å². The number of nitrogens with two attached hydrogens (primary N) is 1. The molecule has 1 aromatic carbocycles. The molecule has 0 saturated heterocycles. The zero-order chi connectivity index (χ0) is 15.9. The van der Waals surface area contributed by atoms with Gasteiger partial charge in [-0.1, -0.05) is 18.8 Å². The van der Waals surface area contributed by atoms with E-state index in [9.17, 15) is 12.8 Å². The van der Waals surface area contributed by atoms with E-state index in [1.54, 1.807) is 0 Å². The maximum atomic E-state index is 13.3. The van der Waals surface area contributed by atoms with Crippen LogP contribution >= 0.6 is 0 Å². The second kappa shape index (κ2) is 8.10. The number of benzene rings is 1. The van der Waals surface area contributed by atoms with E-state index in [1.807, 2.05) is 6.92 Å². The lowest BCUT2D eigenvalue weighted by Gasteiger charge is -2.21. The van der Waals surface area contributed by atoms with Crippen molar-refractivity contribution in [3.05, 3.63) is 29.6 Å². The predicted octanol–water partition coefficient (Wildman–Crippen LogP) is 0.529. The Morgan fingerprint density at radius 3 is 2.67 bits per heavy atom. The van der Waals surface area contributed by atoms with E-state index < -0.39 is 15.8 Å². The van der Waals surface area contributed by atoms with Gasteiger partial charge in [0.15, 0.2) is 0 Å². The average molecular weight is 314 g/mol. The monoisotopic (exact) mass is 314 g/mol. The highest BCUT2D eigenvalue weighted by molar-refractivity contribution is 7.89. The summed E-state index contributed by atoms with van der Waals surface area (Å²) in [7, 11) is -3.84. The summed E-state index contributed by atoms with van der Waals surface area (Å²) in [5, 5.41) is 9.02. The first kappa shape index (κ1) is 17.6. The number of aliphatic hydroxyl groups is 1. The van der Waals surface area contributed by atoms with Crippen LogP contribution in [0.2, 0.25) is 0 Å². The molecular formula is C14H19FN2O3S. The van der Waals surface area contributed by atoms with Gasteiger partial charge < -0.3 is 10.8 Å². The third-order valence-electron chi connectivity index (χ3n) is 2.71. The molecule has 0 aliphatic heterocycles. The Morgan fingerprint density at radius 2 is 2.10 bits per heavy atom. The number of nitrogens with zero attached hydrogens (tertiary/aromatic N) is 1. The fourth-order valence-electron chi connectivity index (χ4n) is 1.82. The molecule has 0 aromatic heterocycles. The standard InChI is InChI=1S/C14H19FN2O3S/c1-2-8-17(9-10-18)21(19,20)14-6-5-13(15)11-12(14)4-3-7-16/h5-6,11,18H,2,7-10,16H2,1H3. The smallest absolute Gasteiger partial charge is 0.244 e. The Labute approximate surface area is 124 Å². The van der Waals surface area contributed by atoms with Crippen molar-refractivity contribution in [2.24, 2.45) is 5.73 Å². The SMILES string of the molecule is CCCN(CCO)S(=O)(=O)c1ccc(F)cc1C#CCN. The molecule has 0 spiro atoms. The molecule has 21 heavy (non-hydrogen) atoms. The van der Waals surface area contributed by atoms with Gasteiger partial charge in [0.1, 0.15) is 5.82 Å². The molecule has 0 heterocycles. The van der Waals surface area contributed by atoms with Crippen molar-refractivity contribution >= 4 is 10.0 Å². The van der Waals surface area contributed by atoms with Crippen LogP contribution < -0.4 is 5.73 Å². The number of hydrogen-bond acceptors (Lipinski definition) is 4. The third kappa shape index (κ3) is 4.51. The fraction of sp³-hybridized carbons (Fsp3) is 0.429. The second-order valence-corrected chi connectivity index (χ2v) is 6.18. The lowest BCUT2D eigenvalue weighted by molar-refractivity contribution is 0.253. The molecule has 116 valence electrons. The highest BCUT2D eigenvalue weighted by atomic mass is 32.2. The third-order valence-corrected chi connectivity index (χ3v) is 4.66. The predicted molar refractivity (Wildman–Crippen MR) is 78.5 cm³/mol. The van der Waals surface area contributed by atoms with Crippen LogP contribution in [-0.4, -0.2) is 44.1 Å². The maximum absolute atomic E-state index is 13.3. The van der Waals surface area contributed by atoms with E-state index in [-0.39, 0.29) is 36.7 Å². The Bertz CT molecular complexity index is 629. The highest BCUT2D eigenvalue weighted by Crippen LogP contribution is 2.21. The Kier molecular flexibility index (Phi) is 6.78. The Hall–Kier alpha value is -1.46. The number of hydrogen-bond donors (Lipinski definition) is 2. The number of aliphatic hydroxyl groups excluding tert-OH is 1. The van der Waals surface area contributed by atoms with Gasteiger partial charge in [-0.2, -0.15) is 4.31 Å². The van der Waals surface area contributed by atoms with Crippen LogP contribution in [0.1, 0.15) is 18.9 Å². The first-order valence-electron chi connectivity index (χ1n) is 6.56. The van der Waals surface area contributed by atoms with E-state index in [4.69, 9.17) is 10.8 Å². The first-order valence-corrected chi connectivity index (χ1v) is 8.00. The second-order valence-electron chi connectivity index (χ2n) is 4.27. The quantitative estimate of drug-likeness (QED) is 0.750. The Balaban J connectivity index is 3.35. The molecule has 5 nitrogen and oxygen atoms in total. The molecule has 1 aromatic rings. The normalized spacial score (nSPS) is 11.3. The molecular weight excluding hydrogens is 295 g/mol. The van der Waals surface area contributed by atoms with Gasteiger partial charge in [-0.3, -0.25) is 0 Å². The van der Waals surface area contributed by atoms with E-state index in [0.29, 0.717) is 6.42 Å². The van der Waals surface area contributed by atoms with Crippen molar-refractivity contribution in [3.63, 3.8) is 0 Å². The molecule has 0 bridgehead atoms. The molecule has 1 rings (SSSR count). The Morgan fingerprint density at radius 1 is 1.38 bits per heavy atom. The number of halogens is 1. The lowest BCUT2D eigenvalue weighted by atomic mass is 10.2. The van der Waals surface area contributed by atoms with Gasteiger partial charge in [-0.25, -0.2) is 12.8 Å².